The zero-order chi connectivity index (χ0) is 15.3. The molecule has 20 heavy (non-hydrogen) atoms. The highest BCUT2D eigenvalue weighted by Crippen LogP contribution is 2.21. The summed E-state index contributed by atoms with van der Waals surface area (Å²) in [5.41, 5.74) is 6.76. The zero-order valence-electron chi connectivity index (χ0n) is 12.0. The summed E-state index contributed by atoms with van der Waals surface area (Å²) >= 11 is 3.29. The molecule has 110 valence electrons. The van der Waals surface area contributed by atoms with Crippen molar-refractivity contribution in [2.75, 3.05) is 32.4 Å². The summed E-state index contributed by atoms with van der Waals surface area (Å²) in [6, 6.07) is 4.98. The molecule has 0 atom stereocenters. The minimum absolute atomic E-state index is 0.0552. The molecule has 0 aliphatic rings. The molecule has 0 saturated carbocycles. The SMILES string of the molecule is CCN(CC)C(=O)CN(C)C(=O)c1ccc(N)c(Br)c1. The van der Waals surface area contributed by atoms with Crippen molar-refractivity contribution in [3.05, 3.63) is 28.2 Å². The zero-order valence-corrected chi connectivity index (χ0v) is 13.6. The minimum Gasteiger partial charge on any atom is -0.398 e. The van der Waals surface area contributed by atoms with Gasteiger partial charge in [-0.2, -0.15) is 0 Å². The molecule has 1 aromatic rings. The molecule has 1 rings (SSSR count). The molecule has 0 aliphatic heterocycles. The fourth-order valence-electron chi connectivity index (χ4n) is 1.83. The van der Waals surface area contributed by atoms with E-state index in [-0.39, 0.29) is 18.4 Å². The highest BCUT2D eigenvalue weighted by molar-refractivity contribution is 9.10. The fourth-order valence-corrected chi connectivity index (χ4v) is 2.21. The van der Waals surface area contributed by atoms with Crippen LogP contribution in [0.4, 0.5) is 5.69 Å². The van der Waals surface area contributed by atoms with E-state index >= 15 is 0 Å². The van der Waals surface area contributed by atoms with Gasteiger partial charge in [0, 0.05) is 35.9 Å². The van der Waals surface area contributed by atoms with Crippen molar-refractivity contribution in [2.45, 2.75) is 13.8 Å². The maximum Gasteiger partial charge on any atom is 0.254 e. The van der Waals surface area contributed by atoms with Crippen LogP contribution in [-0.2, 0) is 4.79 Å². The largest absolute Gasteiger partial charge is 0.398 e. The Hall–Kier alpha value is -1.56. The van der Waals surface area contributed by atoms with E-state index in [0.29, 0.717) is 28.8 Å². The Morgan fingerprint density at radius 3 is 2.35 bits per heavy atom. The van der Waals surface area contributed by atoms with Crippen molar-refractivity contribution in [3.8, 4) is 0 Å². The monoisotopic (exact) mass is 341 g/mol. The molecule has 6 heteroatoms. The topological polar surface area (TPSA) is 66.6 Å². The predicted molar refractivity (Wildman–Crippen MR) is 83.4 cm³/mol. The van der Waals surface area contributed by atoms with Gasteiger partial charge in [0.1, 0.15) is 0 Å². The summed E-state index contributed by atoms with van der Waals surface area (Å²) in [6.45, 7) is 5.19. The molecule has 0 heterocycles. The third-order valence-electron chi connectivity index (χ3n) is 3.08. The van der Waals surface area contributed by atoms with Crippen LogP contribution >= 0.6 is 15.9 Å². The highest BCUT2D eigenvalue weighted by Gasteiger charge is 2.18. The molecule has 0 aliphatic carbocycles. The Morgan fingerprint density at radius 2 is 1.85 bits per heavy atom. The number of carbonyl (C=O) groups is 2. The molecule has 2 N–H and O–H groups in total. The first kappa shape index (κ1) is 16.5. The lowest BCUT2D eigenvalue weighted by molar-refractivity contribution is -0.131. The van der Waals surface area contributed by atoms with Crippen molar-refractivity contribution >= 4 is 33.4 Å². The number of benzene rings is 1. The van der Waals surface area contributed by atoms with Gasteiger partial charge in [-0.1, -0.05) is 0 Å². The second-order valence-corrected chi connectivity index (χ2v) is 5.32. The number of halogens is 1. The fraction of sp³-hybridized carbons (Fsp3) is 0.429. The van der Waals surface area contributed by atoms with E-state index in [4.69, 9.17) is 5.73 Å². The Labute approximate surface area is 127 Å². The third kappa shape index (κ3) is 3.96. The van der Waals surface area contributed by atoms with Crippen LogP contribution in [0.1, 0.15) is 24.2 Å². The Kier molecular flexibility index (Phi) is 6.01. The lowest BCUT2D eigenvalue weighted by atomic mass is 10.2. The van der Waals surface area contributed by atoms with Crippen LogP contribution < -0.4 is 5.73 Å². The molecular formula is C14H20BrN3O2. The molecule has 0 aromatic heterocycles. The van der Waals surface area contributed by atoms with E-state index in [1.54, 1.807) is 30.1 Å². The van der Waals surface area contributed by atoms with Gasteiger partial charge in [0.05, 0.1) is 6.54 Å². The van der Waals surface area contributed by atoms with Gasteiger partial charge in [-0.3, -0.25) is 9.59 Å². The highest BCUT2D eigenvalue weighted by atomic mass is 79.9. The van der Waals surface area contributed by atoms with Crippen LogP contribution in [0, 0.1) is 0 Å². The lowest BCUT2D eigenvalue weighted by Crippen LogP contribution is -2.41. The summed E-state index contributed by atoms with van der Waals surface area (Å²) in [5, 5.41) is 0. The van der Waals surface area contributed by atoms with Crippen molar-refractivity contribution in [1.82, 2.24) is 9.80 Å². The molecule has 0 unspecified atom stereocenters. The number of anilines is 1. The number of hydrogen-bond donors (Lipinski definition) is 1. The molecule has 0 spiro atoms. The first-order valence-corrected chi connectivity index (χ1v) is 7.28. The number of amides is 2. The van der Waals surface area contributed by atoms with Gasteiger partial charge in [-0.25, -0.2) is 0 Å². The van der Waals surface area contributed by atoms with Gasteiger partial charge in [-0.05, 0) is 48.0 Å². The average molecular weight is 342 g/mol. The summed E-state index contributed by atoms with van der Waals surface area (Å²) in [4.78, 5) is 27.3. The van der Waals surface area contributed by atoms with Gasteiger partial charge >= 0.3 is 0 Å². The van der Waals surface area contributed by atoms with Crippen LogP contribution in [0.25, 0.3) is 0 Å². The maximum atomic E-state index is 12.2. The van der Waals surface area contributed by atoms with Gasteiger partial charge in [0.25, 0.3) is 5.91 Å². The first-order chi connectivity index (χ1) is 9.40. The number of likely N-dealkylation sites (N-methyl/N-ethyl adjacent to an activating group) is 2. The molecular weight excluding hydrogens is 322 g/mol. The first-order valence-electron chi connectivity index (χ1n) is 6.48. The van der Waals surface area contributed by atoms with E-state index < -0.39 is 0 Å². The molecule has 5 nitrogen and oxygen atoms in total. The average Bonchev–Trinajstić information content (AvgIpc) is 2.42. The standard InChI is InChI=1S/C14H20BrN3O2/c1-4-18(5-2)13(19)9-17(3)14(20)10-6-7-12(16)11(15)8-10/h6-8H,4-5,9,16H2,1-3H3. The minimum atomic E-state index is -0.203. The summed E-state index contributed by atoms with van der Waals surface area (Å²) in [6.07, 6.45) is 0. The van der Waals surface area contributed by atoms with Crippen LogP contribution in [0.2, 0.25) is 0 Å². The smallest absolute Gasteiger partial charge is 0.254 e. The molecule has 0 radical (unpaired) electrons. The van der Waals surface area contributed by atoms with Gasteiger partial charge < -0.3 is 15.5 Å². The van der Waals surface area contributed by atoms with E-state index in [2.05, 4.69) is 15.9 Å². The third-order valence-corrected chi connectivity index (χ3v) is 3.77. The van der Waals surface area contributed by atoms with E-state index in [1.807, 2.05) is 13.8 Å². The van der Waals surface area contributed by atoms with Crippen molar-refractivity contribution in [2.24, 2.45) is 0 Å². The molecule has 1 aromatic carbocycles. The molecule has 0 saturated heterocycles. The number of nitrogens with two attached hydrogens (primary N) is 1. The number of hydrogen-bond acceptors (Lipinski definition) is 3. The van der Waals surface area contributed by atoms with Gasteiger partial charge in [0.15, 0.2) is 0 Å². The number of nitrogen functional groups attached to an aromatic ring is 1. The Balaban J connectivity index is 2.76. The Morgan fingerprint density at radius 1 is 1.25 bits per heavy atom. The second-order valence-electron chi connectivity index (χ2n) is 4.46. The molecule has 0 fully saturated rings. The van der Waals surface area contributed by atoms with E-state index in [9.17, 15) is 9.59 Å². The number of rotatable bonds is 5. The molecule has 0 bridgehead atoms. The van der Waals surface area contributed by atoms with Crippen LogP contribution in [0.3, 0.4) is 0 Å². The summed E-state index contributed by atoms with van der Waals surface area (Å²) in [7, 11) is 1.62. The number of carbonyl (C=O) groups excluding carboxylic acids is 2. The van der Waals surface area contributed by atoms with Crippen LogP contribution in [-0.4, -0.2) is 48.3 Å². The molecule has 2 amide bonds. The van der Waals surface area contributed by atoms with E-state index in [1.165, 1.54) is 4.90 Å². The maximum absolute atomic E-state index is 12.2. The van der Waals surface area contributed by atoms with Crippen molar-refractivity contribution < 1.29 is 9.59 Å². The Bertz CT molecular complexity index is 501. The lowest BCUT2D eigenvalue weighted by Gasteiger charge is -2.23. The predicted octanol–water partition coefficient (Wildman–Crippen LogP) is 1.97. The summed E-state index contributed by atoms with van der Waals surface area (Å²) in [5.74, 6) is -0.258. The van der Waals surface area contributed by atoms with Crippen molar-refractivity contribution in [1.29, 1.82) is 0 Å². The van der Waals surface area contributed by atoms with Gasteiger partial charge in [-0.15, -0.1) is 0 Å². The second kappa shape index (κ2) is 7.28. The normalized spacial score (nSPS) is 10.2. The number of nitrogens with zero attached hydrogens (tertiary/aromatic N) is 2. The van der Waals surface area contributed by atoms with Crippen LogP contribution in [0.15, 0.2) is 22.7 Å². The van der Waals surface area contributed by atoms with Crippen molar-refractivity contribution in [3.63, 3.8) is 0 Å². The van der Waals surface area contributed by atoms with Gasteiger partial charge in [0.2, 0.25) is 5.91 Å². The quantitative estimate of drug-likeness (QED) is 0.832. The summed E-state index contributed by atoms with van der Waals surface area (Å²) < 4.78 is 0.673. The van der Waals surface area contributed by atoms with Crippen LogP contribution in [0.5, 0.6) is 0 Å². The van der Waals surface area contributed by atoms with E-state index in [0.717, 1.165) is 0 Å².